The molecule has 0 fully saturated rings. The normalized spacial score (nSPS) is 10.9. The summed E-state index contributed by atoms with van der Waals surface area (Å²) in [6.07, 6.45) is 0.853. The number of amides is 3. The largest absolute Gasteiger partial charge is 0.481 e. The highest BCUT2D eigenvalue weighted by Crippen LogP contribution is 2.27. The van der Waals surface area contributed by atoms with E-state index in [0.29, 0.717) is 28.4 Å². The summed E-state index contributed by atoms with van der Waals surface area (Å²) >= 11 is 1.12. The number of anilines is 2. The zero-order chi connectivity index (χ0) is 19.9. The molecule has 0 bridgehead atoms. The number of para-hydroxylation sites is 1. The van der Waals surface area contributed by atoms with Crippen molar-refractivity contribution in [2.75, 3.05) is 17.2 Å². The number of thiophene rings is 1. The second-order valence-electron chi connectivity index (χ2n) is 6.08. The standard InChI is InChI=1S/C19H23N3O4S/c1-3-19(4-2,17(24)25)12-20-16(23)14-10-11-15(27-14)22-18(26)21-13-8-6-5-7-9-13/h5-11H,3-4,12H2,1-2H3,(H,20,23)(H,24,25)(H2,21,22,26). The molecule has 0 saturated heterocycles. The van der Waals surface area contributed by atoms with Crippen molar-refractivity contribution < 1.29 is 19.5 Å². The third-order valence-corrected chi connectivity index (χ3v) is 5.49. The molecule has 4 N–H and O–H groups in total. The van der Waals surface area contributed by atoms with E-state index in [4.69, 9.17) is 0 Å². The number of urea groups is 1. The van der Waals surface area contributed by atoms with Crippen molar-refractivity contribution >= 4 is 39.9 Å². The van der Waals surface area contributed by atoms with Crippen molar-refractivity contribution in [3.63, 3.8) is 0 Å². The minimum Gasteiger partial charge on any atom is -0.481 e. The van der Waals surface area contributed by atoms with Crippen LogP contribution in [0.2, 0.25) is 0 Å². The summed E-state index contributed by atoms with van der Waals surface area (Å²) in [6, 6.07) is 11.8. The van der Waals surface area contributed by atoms with E-state index in [1.165, 1.54) is 0 Å². The van der Waals surface area contributed by atoms with E-state index in [2.05, 4.69) is 16.0 Å². The lowest BCUT2D eigenvalue weighted by Crippen LogP contribution is -2.42. The van der Waals surface area contributed by atoms with Gasteiger partial charge in [0.25, 0.3) is 5.91 Å². The zero-order valence-electron chi connectivity index (χ0n) is 15.2. The van der Waals surface area contributed by atoms with Gasteiger partial charge < -0.3 is 15.7 Å². The number of carboxylic acids is 1. The van der Waals surface area contributed by atoms with Crippen LogP contribution >= 0.6 is 11.3 Å². The quantitative estimate of drug-likeness (QED) is 0.547. The smallest absolute Gasteiger partial charge is 0.324 e. The number of nitrogens with one attached hydrogen (secondary N) is 3. The van der Waals surface area contributed by atoms with E-state index in [1.54, 1.807) is 38.1 Å². The molecule has 0 radical (unpaired) electrons. The molecule has 0 spiro atoms. The van der Waals surface area contributed by atoms with Gasteiger partial charge in [0.1, 0.15) is 0 Å². The van der Waals surface area contributed by atoms with E-state index < -0.39 is 17.4 Å². The van der Waals surface area contributed by atoms with Gasteiger partial charge >= 0.3 is 12.0 Å². The van der Waals surface area contributed by atoms with Crippen LogP contribution in [0.4, 0.5) is 15.5 Å². The van der Waals surface area contributed by atoms with Crippen molar-refractivity contribution in [3.05, 3.63) is 47.3 Å². The molecule has 0 atom stereocenters. The minimum absolute atomic E-state index is 0.0589. The Morgan fingerprint density at radius 2 is 1.67 bits per heavy atom. The van der Waals surface area contributed by atoms with Crippen LogP contribution in [0.25, 0.3) is 0 Å². The predicted molar refractivity (Wildman–Crippen MR) is 106 cm³/mol. The highest BCUT2D eigenvalue weighted by molar-refractivity contribution is 7.18. The topological polar surface area (TPSA) is 108 Å². The molecule has 0 unspecified atom stereocenters. The number of rotatable bonds is 8. The lowest BCUT2D eigenvalue weighted by atomic mass is 9.82. The minimum atomic E-state index is -0.969. The molecule has 144 valence electrons. The van der Waals surface area contributed by atoms with E-state index >= 15 is 0 Å². The molecule has 1 aromatic heterocycles. The van der Waals surface area contributed by atoms with Crippen molar-refractivity contribution in [3.8, 4) is 0 Å². The number of benzene rings is 1. The van der Waals surface area contributed by atoms with Crippen LogP contribution in [0.3, 0.4) is 0 Å². The second-order valence-corrected chi connectivity index (χ2v) is 7.17. The fourth-order valence-corrected chi connectivity index (χ4v) is 3.36. The molecule has 0 saturated carbocycles. The summed E-state index contributed by atoms with van der Waals surface area (Å²) < 4.78 is 0. The molecule has 8 heteroatoms. The fourth-order valence-electron chi connectivity index (χ4n) is 2.54. The Hall–Kier alpha value is -2.87. The number of carboxylic acid groups (broad SMARTS) is 1. The van der Waals surface area contributed by atoms with Gasteiger partial charge in [-0.15, -0.1) is 11.3 Å². The summed E-state index contributed by atoms with van der Waals surface area (Å²) in [5.74, 6) is -1.28. The van der Waals surface area contributed by atoms with Gasteiger partial charge in [-0.05, 0) is 37.1 Å². The van der Waals surface area contributed by atoms with Crippen LogP contribution in [-0.2, 0) is 4.79 Å². The number of hydrogen-bond donors (Lipinski definition) is 4. The molecule has 1 aromatic carbocycles. The maximum absolute atomic E-state index is 12.3. The highest BCUT2D eigenvalue weighted by atomic mass is 32.1. The van der Waals surface area contributed by atoms with Crippen LogP contribution < -0.4 is 16.0 Å². The molecule has 0 aliphatic carbocycles. The average molecular weight is 389 g/mol. The van der Waals surface area contributed by atoms with E-state index in [0.717, 1.165) is 11.3 Å². The molecule has 3 amide bonds. The first-order valence-electron chi connectivity index (χ1n) is 8.64. The zero-order valence-corrected chi connectivity index (χ0v) is 16.1. The van der Waals surface area contributed by atoms with Gasteiger partial charge in [-0.25, -0.2) is 4.79 Å². The number of aliphatic carboxylic acids is 1. The second kappa shape index (κ2) is 9.18. The Bertz CT molecular complexity index is 800. The summed E-state index contributed by atoms with van der Waals surface area (Å²) in [7, 11) is 0. The van der Waals surface area contributed by atoms with Crippen LogP contribution in [0.15, 0.2) is 42.5 Å². The number of hydrogen-bond acceptors (Lipinski definition) is 4. The molecular weight excluding hydrogens is 366 g/mol. The molecule has 0 aliphatic rings. The fraction of sp³-hybridized carbons (Fsp3) is 0.316. The van der Waals surface area contributed by atoms with Crippen molar-refractivity contribution in [2.24, 2.45) is 5.41 Å². The maximum Gasteiger partial charge on any atom is 0.324 e. The SMILES string of the molecule is CCC(CC)(CNC(=O)c1ccc(NC(=O)Nc2ccccc2)s1)C(=O)O. The summed E-state index contributed by atoms with van der Waals surface area (Å²) in [6.45, 7) is 3.65. The summed E-state index contributed by atoms with van der Waals surface area (Å²) in [4.78, 5) is 36.2. The molecular formula is C19H23N3O4S. The van der Waals surface area contributed by atoms with Crippen LogP contribution in [0.1, 0.15) is 36.4 Å². The van der Waals surface area contributed by atoms with Crippen molar-refractivity contribution in [1.82, 2.24) is 5.32 Å². The first kappa shape index (κ1) is 20.4. The van der Waals surface area contributed by atoms with Gasteiger partial charge in [0.05, 0.1) is 15.3 Å². The van der Waals surface area contributed by atoms with Gasteiger partial charge in [0.15, 0.2) is 0 Å². The third kappa shape index (κ3) is 5.30. The monoisotopic (exact) mass is 389 g/mol. The maximum atomic E-state index is 12.3. The Morgan fingerprint density at radius 1 is 1.00 bits per heavy atom. The Labute approximate surface area is 161 Å². The van der Waals surface area contributed by atoms with Crippen molar-refractivity contribution in [2.45, 2.75) is 26.7 Å². The van der Waals surface area contributed by atoms with E-state index in [-0.39, 0.29) is 12.5 Å². The Balaban J connectivity index is 1.93. The molecule has 0 aliphatic heterocycles. The molecule has 2 aromatic rings. The van der Waals surface area contributed by atoms with Gasteiger partial charge in [0.2, 0.25) is 0 Å². The molecule has 7 nitrogen and oxygen atoms in total. The predicted octanol–water partition coefficient (Wildman–Crippen LogP) is 4.01. The lowest BCUT2D eigenvalue weighted by molar-refractivity contribution is -0.149. The van der Waals surface area contributed by atoms with Gasteiger partial charge in [-0.2, -0.15) is 0 Å². The molecule has 27 heavy (non-hydrogen) atoms. The average Bonchev–Trinajstić information content (AvgIpc) is 3.11. The Kier molecular flexibility index (Phi) is 6.95. The van der Waals surface area contributed by atoms with Crippen LogP contribution in [0.5, 0.6) is 0 Å². The molecule has 2 rings (SSSR count). The highest BCUT2D eigenvalue weighted by Gasteiger charge is 2.35. The van der Waals surface area contributed by atoms with Crippen LogP contribution in [-0.4, -0.2) is 29.6 Å². The number of carbonyl (C=O) groups excluding carboxylic acids is 2. The third-order valence-electron chi connectivity index (χ3n) is 4.49. The lowest BCUT2D eigenvalue weighted by Gasteiger charge is -2.26. The Morgan fingerprint density at radius 3 is 2.26 bits per heavy atom. The van der Waals surface area contributed by atoms with Crippen LogP contribution in [0, 0.1) is 5.41 Å². The van der Waals surface area contributed by atoms with Gasteiger partial charge in [0, 0.05) is 12.2 Å². The first-order valence-corrected chi connectivity index (χ1v) is 9.46. The van der Waals surface area contributed by atoms with Crippen molar-refractivity contribution in [1.29, 1.82) is 0 Å². The molecule has 1 heterocycles. The number of carbonyl (C=O) groups is 3. The van der Waals surface area contributed by atoms with E-state index in [1.807, 2.05) is 18.2 Å². The van der Waals surface area contributed by atoms with Gasteiger partial charge in [-0.1, -0.05) is 32.0 Å². The first-order chi connectivity index (χ1) is 12.9. The summed E-state index contributed by atoms with van der Waals surface area (Å²) in [5.41, 5.74) is -0.308. The summed E-state index contributed by atoms with van der Waals surface area (Å²) in [5, 5.41) is 18.0. The van der Waals surface area contributed by atoms with Gasteiger partial charge in [-0.3, -0.25) is 14.9 Å². The van der Waals surface area contributed by atoms with E-state index in [9.17, 15) is 19.5 Å².